The van der Waals surface area contributed by atoms with Crippen LogP contribution in [0.3, 0.4) is 0 Å². The maximum Gasteiger partial charge on any atom is 0.239 e. The molecular weight excluding hydrogens is 209 g/mol. The van der Waals surface area contributed by atoms with E-state index in [1.54, 1.807) is 0 Å². The van der Waals surface area contributed by atoms with Crippen LogP contribution in [0.1, 0.15) is 40.5 Å². The number of imide groups is 1. The van der Waals surface area contributed by atoms with Crippen molar-refractivity contribution in [1.29, 1.82) is 0 Å². The molecule has 0 aromatic rings. The third kappa shape index (κ3) is 8.54. The van der Waals surface area contributed by atoms with Crippen molar-refractivity contribution < 1.29 is 9.59 Å². The van der Waals surface area contributed by atoms with E-state index >= 15 is 0 Å². The number of nitrogens with one attached hydrogen (secondary N) is 1. The van der Waals surface area contributed by atoms with Gasteiger partial charge in [-0.05, 0) is 12.7 Å². The van der Waals surface area contributed by atoms with Crippen LogP contribution >= 0.6 is 11.8 Å². The number of hydrogen-bond donors (Lipinski definition) is 1. The van der Waals surface area contributed by atoms with Crippen LogP contribution in [0.5, 0.6) is 0 Å². The summed E-state index contributed by atoms with van der Waals surface area (Å²) in [5.41, 5.74) is 0. The molecule has 3 nitrogen and oxygen atoms in total. The predicted octanol–water partition coefficient (Wildman–Crippen LogP) is 1.83. The fraction of sp³-hybridized carbons (Fsp3) is 0.800. The van der Waals surface area contributed by atoms with Crippen LogP contribution in [0.15, 0.2) is 0 Å². The molecule has 1 aliphatic rings. The zero-order chi connectivity index (χ0) is 11.6. The van der Waals surface area contributed by atoms with Crippen molar-refractivity contribution in [3.63, 3.8) is 0 Å². The molecule has 0 saturated carbocycles. The minimum atomic E-state index is -0.143. The number of carbonyl (C=O) groups is 2. The summed E-state index contributed by atoms with van der Waals surface area (Å²) in [4.78, 5) is 21.5. The highest BCUT2D eigenvalue weighted by atomic mass is 32.2. The Morgan fingerprint density at radius 2 is 1.67 bits per heavy atom. The van der Waals surface area contributed by atoms with Gasteiger partial charge in [0.05, 0.1) is 5.25 Å². The van der Waals surface area contributed by atoms with Crippen LogP contribution in [0.25, 0.3) is 0 Å². The van der Waals surface area contributed by atoms with Crippen LogP contribution in [-0.4, -0.2) is 31.7 Å². The van der Waals surface area contributed by atoms with Gasteiger partial charge in [0.2, 0.25) is 11.8 Å². The summed E-state index contributed by atoms with van der Waals surface area (Å²) in [6.45, 7) is 8.00. The molecule has 2 amide bonds. The van der Waals surface area contributed by atoms with Crippen LogP contribution < -0.4 is 5.32 Å². The van der Waals surface area contributed by atoms with Gasteiger partial charge in [-0.25, -0.2) is 0 Å². The molecule has 0 aromatic heterocycles. The van der Waals surface area contributed by atoms with E-state index in [-0.39, 0.29) is 25.5 Å². The monoisotopic (exact) mass is 230 g/mol. The van der Waals surface area contributed by atoms with E-state index in [0.717, 1.165) is 0 Å². The molecule has 0 spiro atoms. The van der Waals surface area contributed by atoms with E-state index in [4.69, 9.17) is 0 Å². The highest BCUT2D eigenvalue weighted by Crippen LogP contribution is 2.16. The van der Waals surface area contributed by atoms with E-state index in [0.29, 0.717) is 12.8 Å². The lowest BCUT2D eigenvalue weighted by atomic mass is 10.1. The maximum absolute atomic E-state index is 10.9. The third-order valence-electron chi connectivity index (χ3n) is 1.47. The topological polar surface area (TPSA) is 46.2 Å². The van der Waals surface area contributed by atoms with E-state index < -0.39 is 0 Å². The summed E-state index contributed by atoms with van der Waals surface area (Å²) in [6, 6.07) is 0. The molecule has 0 bridgehead atoms. The zero-order valence-electron chi connectivity index (χ0n) is 10.3. The molecule has 1 heterocycles. The van der Waals surface area contributed by atoms with E-state index in [9.17, 15) is 9.59 Å². The second-order valence-corrected chi connectivity index (χ2v) is 3.22. The molecule has 1 aliphatic heterocycles. The van der Waals surface area contributed by atoms with Gasteiger partial charge in [0.15, 0.2) is 0 Å². The van der Waals surface area contributed by atoms with Crippen molar-refractivity contribution >= 4 is 32.0 Å². The SMILES string of the molecule is CC.CC.CSC1CCC(=O)NC1=O.[B]. The van der Waals surface area contributed by atoms with Gasteiger partial charge in [-0.2, -0.15) is 11.8 Å². The quantitative estimate of drug-likeness (QED) is 0.552. The lowest BCUT2D eigenvalue weighted by Gasteiger charge is -2.17. The maximum atomic E-state index is 10.9. The number of piperidine rings is 1. The average Bonchev–Trinajstić information content (AvgIpc) is 2.24. The lowest BCUT2D eigenvalue weighted by molar-refractivity contribution is -0.132. The highest BCUT2D eigenvalue weighted by Gasteiger charge is 2.24. The summed E-state index contributed by atoms with van der Waals surface area (Å²) in [6.07, 6.45) is 3.04. The Morgan fingerprint density at radius 1 is 1.20 bits per heavy atom. The number of rotatable bonds is 1. The average molecular weight is 230 g/mol. The standard InChI is InChI=1S/C6H9NO2S.2C2H6.B/c1-10-4-2-3-5(8)7-6(4)9;2*1-2;/h4H,2-3H2,1H3,(H,7,8,9);2*1-2H3;. The molecular formula is C10H21BNO2S. The van der Waals surface area contributed by atoms with Crippen LogP contribution in [0.2, 0.25) is 0 Å². The van der Waals surface area contributed by atoms with Gasteiger partial charge >= 0.3 is 0 Å². The fourth-order valence-electron chi connectivity index (χ4n) is 0.899. The molecule has 1 atom stereocenters. The predicted molar refractivity (Wildman–Crippen MR) is 68.1 cm³/mol. The molecule has 0 aliphatic carbocycles. The smallest absolute Gasteiger partial charge is 0.239 e. The van der Waals surface area contributed by atoms with Gasteiger partial charge < -0.3 is 0 Å². The zero-order valence-corrected chi connectivity index (χ0v) is 11.1. The van der Waals surface area contributed by atoms with Gasteiger partial charge in [0, 0.05) is 14.8 Å². The Balaban J connectivity index is -0.000000258. The van der Waals surface area contributed by atoms with Gasteiger partial charge in [0.25, 0.3) is 0 Å². The first-order valence-corrected chi connectivity index (χ1v) is 6.39. The molecule has 1 rings (SSSR count). The largest absolute Gasteiger partial charge is 0.295 e. The first-order chi connectivity index (χ1) is 6.74. The number of thioether (sulfide) groups is 1. The van der Waals surface area contributed by atoms with Crippen molar-refractivity contribution in [3.05, 3.63) is 0 Å². The third-order valence-corrected chi connectivity index (χ3v) is 2.49. The van der Waals surface area contributed by atoms with E-state index in [1.165, 1.54) is 11.8 Å². The summed E-state index contributed by atoms with van der Waals surface area (Å²) in [7, 11) is 0. The molecule has 5 heteroatoms. The van der Waals surface area contributed by atoms with Gasteiger partial charge in [-0.15, -0.1) is 0 Å². The number of hydrogen-bond acceptors (Lipinski definition) is 3. The van der Waals surface area contributed by atoms with Gasteiger partial charge in [-0.3, -0.25) is 14.9 Å². The van der Waals surface area contributed by atoms with Crippen LogP contribution in [0, 0.1) is 0 Å². The van der Waals surface area contributed by atoms with Gasteiger partial charge in [-0.1, -0.05) is 27.7 Å². The van der Waals surface area contributed by atoms with E-state index in [1.807, 2.05) is 34.0 Å². The highest BCUT2D eigenvalue weighted by molar-refractivity contribution is 7.99. The normalized spacial score (nSPS) is 18.3. The molecule has 87 valence electrons. The Bertz CT molecular complexity index is 177. The molecule has 1 saturated heterocycles. The second-order valence-electron chi connectivity index (χ2n) is 2.18. The van der Waals surface area contributed by atoms with Crippen LogP contribution in [-0.2, 0) is 9.59 Å². The number of carbonyl (C=O) groups excluding carboxylic acids is 2. The first kappa shape index (κ1) is 20.0. The Kier molecular flexibility index (Phi) is 18.1. The van der Waals surface area contributed by atoms with Crippen molar-refractivity contribution in [1.82, 2.24) is 5.32 Å². The molecule has 3 radical (unpaired) electrons. The molecule has 1 fully saturated rings. The van der Waals surface area contributed by atoms with Crippen molar-refractivity contribution in [2.45, 2.75) is 45.8 Å². The fourth-order valence-corrected chi connectivity index (χ4v) is 1.53. The van der Waals surface area contributed by atoms with Crippen molar-refractivity contribution in [3.8, 4) is 0 Å². The Morgan fingerprint density at radius 3 is 2.00 bits per heavy atom. The summed E-state index contributed by atoms with van der Waals surface area (Å²) in [5, 5.41) is 2.27. The summed E-state index contributed by atoms with van der Waals surface area (Å²) >= 11 is 1.49. The summed E-state index contributed by atoms with van der Waals surface area (Å²) < 4.78 is 0. The van der Waals surface area contributed by atoms with Crippen LogP contribution in [0.4, 0.5) is 0 Å². The number of amides is 2. The van der Waals surface area contributed by atoms with Crippen molar-refractivity contribution in [2.24, 2.45) is 0 Å². The second kappa shape index (κ2) is 13.6. The Hall–Kier alpha value is -0.445. The lowest BCUT2D eigenvalue weighted by Crippen LogP contribution is -2.42. The van der Waals surface area contributed by atoms with Crippen molar-refractivity contribution in [2.75, 3.05) is 6.26 Å². The minimum Gasteiger partial charge on any atom is -0.295 e. The molecule has 1 N–H and O–H groups in total. The first-order valence-electron chi connectivity index (χ1n) is 5.10. The van der Waals surface area contributed by atoms with Gasteiger partial charge in [0.1, 0.15) is 0 Å². The molecule has 0 aromatic carbocycles. The summed E-state index contributed by atoms with van der Waals surface area (Å²) in [5.74, 6) is -0.279. The van der Waals surface area contributed by atoms with E-state index in [2.05, 4.69) is 5.32 Å². The minimum absolute atomic E-state index is 0. The molecule has 15 heavy (non-hydrogen) atoms. The Labute approximate surface area is 99.3 Å². The molecule has 1 unspecified atom stereocenters.